The number of quaternary nitrogens is 1. The molecular formula is C54H106NO4S+. The van der Waals surface area contributed by atoms with E-state index in [1.165, 1.54) is 231 Å². The van der Waals surface area contributed by atoms with Crippen LogP contribution in [0.4, 0.5) is 0 Å². The first-order valence-electron chi connectivity index (χ1n) is 26.8. The van der Waals surface area contributed by atoms with Crippen molar-refractivity contribution in [2.45, 2.75) is 297 Å². The summed E-state index contributed by atoms with van der Waals surface area (Å²) in [5, 5.41) is 10.9. The Morgan fingerprint density at radius 1 is 0.367 bits per heavy atom. The molecule has 5 nitrogen and oxygen atoms in total. The van der Waals surface area contributed by atoms with Crippen LogP contribution in [0.2, 0.25) is 0 Å². The number of aliphatic hydroxyl groups excluding tert-OH is 1. The van der Waals surface area contributed by atoms with Gasteiger partial charge in [-0.05, 0) is 56.8 Å². The minimum absolute atomic E-state index is 0.194. The topological polar surface area (TPSA) is 74.6 Å². The molecule has 0 aromatic heterocycles. The van der Waals surface area contributed by atoms with Crippen molar-refractivity contribution in [2.75, 3.05) is 12.3 Å². The van der Waals surface area contributed by atoms with Crippen LogP contribution in [0.5, 0.6) is 0 Å². The van der Waals surface area contributed by atoms with E-state index in [0.717, 1.165) is 38.5 Å². The molecule has 0 heterocycles. The summed E-state index contributed by atoms with van der Waals surface area (Å²) in [5.41, 5.74) is 0. The Balaban J connectivity index is 5.07. The molecular weight excluding hydrogens is 759 g/mol. The lowest BCUT2D eigenvalue weighted by molar-refractivity contribution is -0.777. The molecule has 0 amide bonds. The van der Waals surface area contributed by atoms with Crippen molar-refractivity contribution in [1.29, 1.82) is 0 Å². The van der Waals surface area contributed by atoms with Crippen molar-refractivity contribution in [1.82, 2.24) is 0 Å². The minimum Gasteiger partial charge on any atom is -0.386 e. The molecule has 0 aromatic rings. The summed E-state index contributed by atoms with van der Waals surface area (Å²) >= 11 is 0. The fraction of sp³-hybridized carbons (Fsp3) is 0.889. The van der Waals surface area contributed by atoms with Crippen LogP contribution in [0.25, 0.3) is 0 Å². The van der Waals surface area contributed by atoms with Gasteiger partial charge in [0.25, 0.3) is 10.1 Å². The van der Waals surface area contributed by atoms with Gasteiger partial charge in [-0.25, -0.2) is 4.48 Å². The van der Waals surface area contributed by atoms with Crippen LogP contribution in [0.15, 0.2) is 36.8 Å². The molecule has 0 aromatic carbocycles. The van der Waals surface area contributed by atoms with Crippen molar-refractivity contribution in [2.24, 2.45) is 0 Å². The van der Waals surface area contributed by atoms with E-state index in [4.69, 9.17) is 0 Å². The van der Waals surface area contributed by atoms with Gasteiger partial charge in [-0.1, -0.05) is 252 Å². The SMILES string of the molecule is CCCCCCCCCCCCCCC/C=C/[N+](/C=C/CCCCCCCCCCCCCCC)(/C=C/CCCCCCCCCCCCCCC)CC(O)CS(=O)(=O)O. The second kappa shape index (κ2) is 46.1. The lowest BCUT2D eigenvalue weighted by atomic mass is 10.0. The molecule has 0 spiro atoms. The Kier molecular flexibility index (Phi) is 45.3. The highest BCUT2D eigenvalue weighted by Crippen LogP contribution is 2.20. The van der Waals surface area contributed by atoms with Crippen LogP contribution in [0, 0.1) is 0 Å². The first-order valence-corrected chi connectivity index (χ1v) is 28.4. The molecule has 0 aliphatic heterocycles. The Morgan fingerprint density at radius 3 is 0.767 bits per heavy atom. The van der Waals surface area contributed by atoms with Gasteiger partial charge in [0.2, 0.25) is 0 Å². The van der Waals surface area contributed by atoms with E-state index >= 15 is 0 Å². The van der Waals surface area contributed by atoms with Crippen molar-refractivity contribution in [3.05, 3.63) is 36.8 Å². The standard InChI is InChI=1S/C54H105NO4S/c1-4-7-10-13-16-19-22-25-28-31-34-37-40-43-46-49-55(52-54(56)53-60(57,58)59,50-47-44-41-38-35-32-29-26-23-20-17-14-11-8-5-2)51-48-45-42-39-36-33-30-27-24-21-18-15-12-9-6-3/h46-51,54,56H,4-45,52-53H2,1-3H3/p+1/b49-46+,50-47+,51-48+. The second-order valence-electron chi connectivity index (χ2n) is 18.8. The molecule has 1 unspecified atom stereocenters. The predicted molar refractivity (Wildman–Crippen MR) is 266 cm³/mol. The summed E-state index contributed by atoms with van der Waals surface area (Å²) in [7, 11) is -4.28. The van der Waals surface area contributed by atoms with Gasteiger partial charge in [-0.3, -0.25) is 4.55 Å². The quantitative estimate of drug-likeness (QED) is 0.0363. The maximum absolute atomic E-state index is 11.8. The third-order valence-electron chi connectivity index (χ3n) is 12.5. The van der Waals surface area contributed by atoms with Gasteiger partial charge in [0, 0.05) is 0 Å². The molecule has 6 heteroatoms. The number of unbranched alkanes of at least 4 members (excludes halogenated alkanes) is 39. The molecule has 0 rings (SSSR count). The average Bonchev–Trinajstić information content (AvgIpc) is 3.21. The number of aliphatic hydroxyl groups is 1. The zero-order valence-electron chi connectivity index (χ0n) is 40.7. The predicted octanol–water partition coefficient (Wildman–Crippen LogP) is 18.0. The van der Waals surface area contributed by atoms with Crippen molar-refractivity contribution >= 4 is 10.1 Å². The third-order valence-corrected chi connectivity index (χ3v) is 13.3. The number of hydrogen-bond donors (Lipinski definition) is 2. The van der Waals surface area contributed by atoms with E-state index in [2.05, 4.69) is 57.6 Å². The second-order valence-corrected chi connectivity index (χ2v) is 20.3. The molecule has 0 fully saturated rings. The smallest absolute Gasteiger partial charge is 0.267 e. The fourth-order valence-corrected chi connectivity index (χ4v) is 9.24. The minimum atomic E-state index is -4.28. The van der Waals surface area contributed by atoms with Crippen LogP contribution in [-0.4, -0.2) is 41.0 Å². The molecule has 1 atom stereocenters. The van der Waals surface area contributed by atoms with E-state index in [1.807, 2.05) is 0 Å². The summed E-state index contributed by atoms with van der Waals surface area (Å²) < 4.78 is 33.4. The van der Waals surface area contributed by atoms with E-state index in [0.29, 0.717) is 0 Å². The van der Waals surface area contributed by atoms with E-state index < -0.39 is 22.0 Å². The summed E-state index contributed by atoms with van der Waals surface area (Å²) in [4.78, 5) is 0. The van der Waals surface area contributed by atoms with Crippen molar-refractivity contribution in [3.8, 4) is 0 Å². The molecule has 0 saturated heterocycles. The first kappa shape index (κ1) is 59.0. The largest absolute Gasteiger partial charge is 0.386 e. The highest BCUT2D eigenvalue weighted by Gasteiger charge is 2.27. The van der Waals surface area contributed by atoms with Crippen molar-refractivity contribution < 1.29 is 22.6 Å². The molecule has 2 N–H and O–H groups in total. The van der Waals surface area contributed by atoms with Crippen LogP contribution in [-0.2, 0) is 10.1 Å². The van der Waals surface area contributed by atoms with Crippen molar-refractivity contribution in [3.63, 3.8) is 0 Å². The third kappa shape index (κ3) is 45.1. The molecule has 0 bridgehead atoms. The van der Waals surface area contributed by atoms with Gasteiger partial charge in [0.1, 0.15) is 37.0 Å². The maximum atomic E-state index is 11.8. The highest BCUT2D eigenvalue weighted by atomic mass is 32.2. The van der Waals surface area contributed by atoms with Crippen LogP contribution in [0.1, 0.15) is 290 Å². The van der Waals surface area contributed by atoms with E-state index in [1.54, 1.807) is 0 Å². The number of hydrogen-bond acceptors (Lipinski definition) is 3. The summed E-state index contributed by atoms with van der Waals surface area (Å²) in [5.74, 6) is -0.640. The molecule has 0 saturated carbocycles. The lowest BCUT2D eigenvalue weighted by Crippen LogP contribution is -2.41. The van der Waals surface area contributed by atoms with Gasteiger partial charge in [-0.15, -0.1) is 0 Å². The van der Waals surface area contributed by atoms with Crippen LogP contribution in [0.3, 0.4) is 0 Å². The van der Waals surface area contributed by atoms with Gasteiger partial charge in [-0.2, -0.15) is 8.42 Å². The van der Waals surface area contributed by atoms with Gasteiger partial charge < -0.3 is 5.11 Å². The van der Waals surface area contributed by atoms with E-state index in [-0.39, 0.29) is 11.0 Å². The van der Waals surface area contributed by atoms with Crippen LogP contribution < -0.4 is 0 Å². The molecule has 356 valence electrons. The number of rotatable bonds is 49. The molecule has 60 heavy (non-hydrogen) atoms. The Bertz CT molecular complexity index is 956. The zero-order valence-corrected chi connectivity index (χ0v) is 41.5. The molecule has 0 radical (unpaired) electrons. The van der Waals surface area contributed by atoms with E-state index in [9.17, 15) is 18.1 Å². The maximum Gasteiger partial charge on any atom is 0.267 e. The lowest BCUT2D eigenvalue weighted by Gasteiger charge is -2.29. The Morgan fingerprint density at radius 2 is 0.567 bits per heavy atom. The normalized spacial score (nSPS) is 13.2. The zero-order chi connectivity index (χ0) is 43.9. The Hall–Kier alpha value is -0.950. The highest BCUT2D eigenvalue weighted by molar-refractivity contribution is 7.85. The first-order chi connectivity index (χ1) is 29.3. The van der Waals surface area contributed by atoms with Gasteiger partial charge in [0.05, 0.1) is 0 Å². The Labute approximate surface area is 376 Å². The summed E-state index contributed by atoms with van der Waals surface area (Å²) in [6.45, 7) is 7.04. The summed E-state index contributed by atoms with van der Waals surface area (Å²) in [6, 6.07) is 0. The molecule has 0 aliphatic rings. The number of nitrogens with zero attached hydrogens (tertiary/aromatic N) is 1. The van der Waals surface area contributed by atoms with Gasteiger partial charge >= 0.3 is 0 Å². The summed E-state index contributed by atoms with van der Waals surface area (Å²) in [6.07, 6.45) is 67.2. The molecule has 0 aliphatic carbocycles. The monoisotopic (exact) mass is 865 g/mol. The van der Waals surface area contributed by atoms with Crippen LogP contribution >= 0.6 is 0 Å². The average molecular weight is 866 g/mol. The van der Waals surface area contributed by atoms with Gasteiger partial charge in [0.15, 0.2) is 0 Å². The fourth-order valence-electron chi connectivity index (χ4n) is 8.64. The number of allylic oxidation sites excluding steroid dienone is 3.